The third-order valence-electron chi connectivity index (χ3n) is 1.73. The molecule has 1 heterocycles. The molecule has 0 aromatic carbocycles. The second-order valence-electron chi connectivity index (χ2n) is 2.93. The fraction of sp³-hybridized carbons (Fsp3) is 0.714. The van der Waals surface area contributed by atoms with Gasteiger partial charge in [-0.1, -0.05) is 0 Å². The maximum Gasteiger partial charge on any atom is 0.268 e. The van der Waals surface area contributed by atoms with E-state index in [9.17, 15) is 13.2 Å². The van der Waals surface area contributed by atoms with Gasteiger partial charge in [-0.25, -0.2) is 13.6 Å². The third kappa shape index (κ3) is 7.00. The van der Waals surface area contributed by atoms with Crippen LogP contribution in [0.5, 0.6) is 0 Å². The van der Waals surface area contributed by atoms with Crippen molar-refractivity contribution in [3.63, 3.8) is 0 Å². The average Bonchev–Trinajstić information content (AvgIpc) is 2.69. The van der Waals surface area contributed by atoms with Gasteiger partial charge >= 0.3 is 0 Å². The van der Waals surface area contributed by atoms with E-state index in [1.165, 1.54) is 0 Å². The van der Waals surface area contributed by atoms with Gasteiger partial charge in [0, 0.05) is 13.1 Å². The van der Waals surface area contributed by atoms with Crippen molar-refractivity contribution in [2.45, 2.75) is 12.8 Å². The van der Waals surface area contributed by atoms with Crippen molar-refractivity contribution in [2.24, 2.45) is 5.14 Å². The summed E-state index contributed by atoms with van der Waals surface area (Å²) in [5.74, 6) is -0.132. The molecule has 1 saturated heterocycles. The van der Waals surface area contributed by atoms with E-state index in [0.29, 0.717) is 0 Å². The number of primary sulfonamides is 1. The van der Waals surface area contributed by atoms with Crippen LogP contribution >= 0.6 is 0 Å². The lowest BCUT2D eigenvalue weighted by molar-refractivity contribution is -0.133. The minimum atomic E-state index is -3.84. The molecule has 15 heavy (non-hydrogen) atoms. The van der Waals surface area contributed by atoms with E-state index in [0.717, 1.165) is 25.9 Å². The molecule has 0 aromatic rings. The molecule has 0 atom stereocenters. The molecule has 0 saturated carbocycles. The number of nitrogens with two attached hydrogens (primary N) is 1. The second kappa shape index (κ2) is 6.49. The summed E-state index contributed by atoms with van der Waals surface area (Å²) in [5, 5.41) is 12.5. The molecule has 0 aromatic heterocycles. The van der Waals surface area contributed by atoms with Gasteiger partial charge in [-0.05, 0) is 12.8 Å². The quantitative estimate of drug-likeness (QED) is 0.543. The Kier molecular flexibility index (Phi) is 6.06. The monoisotopic (exact) mass is 238 g/mol. The lowest BCUT2D eigenvalue weighted by atomic mass is 10.4. The number of likely N-dealkylation sites (tertiary alicyclic amines) is 1. The molecule has 8 heteroatoms. The van der Waals surface area contributed by atoms with Crippen LogP contribution in [0.4, 0.5) is 0 Å². The Morgan fingerprint density at radius 2 is 1.80 bits per heavy atom. The number of nitrogens with zero attached hydrogens (tertiary/aromatic N) is 1. The van der Waals surface area contributed by atoms with Gasteiger partial charge in [-0.3, -0.25) is 9.59 Å². The van der Waals surface area contributed by atoms with Crippen LogP contribution in [0.2, 0.25) is 0 Å². The summed E-state index contributed by atoms with van der Waals surface area (Å²) in [6, 6.07) is 0. The number of aliphatic hydroxyl groups is 1. The summed E-state index contributed by atoms with van der Waals surface area (Å²) in [4.78, 5) is 21.5. The zero-order valence-electron chi connectivity index (χ0n) is 8.13. The van der Waals surface area contributed by atoms with Crippen molar-refractivity contribution in [1.82, 2.24) is 4.90 Å². The standard InChI is InChI=1S/C6H11NO2.CH3NO3S/c8-5-6(9)7-3-1-2-4-7;2-6(4,5)1-3/h8H,1-5H2;1H,(H2,2,4,5). The van der Waals surface area contributed by atoms with Crippen LogP contribution in [-0.2, 0) is 19.6 Å². The number of amides is 1. The lowest BCUT2D eigenvalue weighted by Gasteiger charge is -2.11. The maximum atomic E-state index is 10.7. The molecular weight excluding hydrogens is 224 g/mol. The van der Waals surface area contributed by atoms with Crippen LogP contribution in [0.15, 0.2) is 0 Å². The Morgan fingerprint density at radius 1 is 1.40 bits per heavy atom. The highest BCUT2D eigenvalue weighted by molar-refractivity contribution is 8.02. The number of hydrogen-bond donors (Lipinski definition) is 2. The SMILES string of the molecule is NS(=O)(=O)C=O.O=C(CO)N1CCCC1. The zero-order valence-corrected chi connectivity index (χ0v) is 8.94. The Labute approximate surface area is 87.9 Å². The molecule has 0 spiro atoms. The molecule has 1 amide bonds. The van der Waals surface area contributed by atoms with Gasteiger partial charge in [0.25, 0.3) is 10.0 Å². The number of aliphatic hydroxyl groups excluding tert-OH is 1. The summed E-state index contributed by atoms with van der Waals surface area (Å²) in [7, 11) is -3.84. The molecule has 1 fully saturated rings. The molecule has 7 nitrogen and oxygen atoms in total. The number of carbonyl (C=O) groups excluding carboxylic acids is 2. The highest BCUT2D eigenvalue weighted by atomic mass is 32.2. The number of sulfonamides is 1. The van der Waals surface area contributed by atoms with E-state index in [1.807, 2.05) is 0 Å². The first-order valence-corrected chi connectivity index (χ1v) is 5.88. The number of rotatable bonds is 2. The van der Waals surface area contributed by atoms with E-state index in [2.05, 4.69) is 5.14 Å². The van der Waals surface area contributed by atoms with Crippen LogP contribution in [0.25, 0.3) is 0 Å². The highest BCUT2D eigenvalue weighted by Gasteiger charge is 2.15. The van der Waals surface area contributed by atoms with Crippen molar-refractivity contribution >= 4 is 21.5 Å². The normalized spacial score (nSPS) is 15.5. The first-order chi connectivity index (χ1) is 6.90. The van der Waals surface area contributed by atoms with Gasteiger partial charge in [0.2, 0.25) is 11.5 Å². The van der Waals surface area contributed by atoms with Gasteiger partial charge in [0.15, 0.2) is 0 Å². The fourth-order valence-corrected chi connectivity index (χ4v) is 1.07. The predicted octanol–water partition coefficient (Wildman–Crippen LogP) is -1.93. The van der Waals surface area contributed by atoms with Crippen molar-refractivity contribution in [3.8, 4) is 0 Å². The van der Waals surface area contributed by atoms with E-state index < -0.39 is 10.0 Å². The number of carbonyl (C=O) groups is 2. The maximum absolute atomic E-state index is 10.7. The van der Waals surface area contributed by atoms with Gasteiger partial charge in [0.05, 0.1) is 0 Å². The molecule has 1 aliphatic heterocycles. The third-order valence-corrected chi connectivity index (χ3v) is 2.00. The second-order valence-corrected chi connectivity index (χ2v) is 4.30. The van der Waals surface area contributed by atoms with E-state index in [1.54, 1.807) is 4.90 Å². The summed E-state index contributed by atoms with van der Waals surface area (Å²) in [5.41, 5.74) is -0.312. The molecule has 3 N–H and O–H groups in total. The van der Waals surface area contributed by atoms with Crippen LogP contribution in [0.3, 0.4) is 0 Å². The van der Waals surface area contributed by atoms with Gasteiger partial charge in [-0.15, -0.1) is 0 Å². The van der Waals surface area contributed by atoms with Crippen LogP contribution in [0.1, 0.15) is 12.8 Å². The molecular formula is C7H14N2O5S. The minimum absolute atomic E-state index is 0.132. The lowest BCUT2D eigenvalue weighted by Crippen LogP contribution is -2.29. The first-order valence-electron chi connectivity index (χ1n) is 4.27. The zero-order chi connectivity index (χ0) is 11.9. The highest BCUT2D eigenvalue weighted by Crippen LogP contribution is 2.06. The number of hydrogen-bond acceptors (Lipinski definition) is 5. The largest absolute Gasteiger partial charge is 0.387 e. The van der Waals surface area contributed by atoms with Crippen molar-refractivity contribution in [1.29, 1.82) is 0 Å². The molecule has 0 radical (unpaired) electrons. The Balaban J connectivity index is 0.000000288. The van der Waals surface area contributed by atoms with Gasteiger partial charge < -0.3 is 10.0 Å². The van der Waals surface area contributed by atoms with Crippen LogP contribution in [0, 0.1) is 0 Å². The fourth-order valence-electron chi connectivity index (χ4n) is 1.07. The summed E-state index contributed by atoms with van der Waals surface area (Å²) in [6.07, 6.45) is 2.18. The minimum Gasteiger partial charge on any atom is -0.387 e. The Bertz CT molecular complexity index is 296. The average molecular weight is 238 g/mol. The molecule has 88 valence electrons. The molecule has 0 bridgehead atoms. The van der Waals surface area contributed by atoms with Crippen LogP contribution in [-0.4, -0.2) is 49.6 Å². The summed E-state index contributed by atoms with van der Waals surface area (Å²) in [6.45, 7) is 1.33. The Hall–Kier alpha value is -0.990. The van der Waals surface area contributed by atoms with Crippen molar-refractivity contribution in [2.75, 3.05) is 19.7 Å². The van der Waals surface area contributed by atoms with E-state index in [-0.39, 0.29) is 18.1 Å². The molecule has 1 rings (SSSR count). The van der Waals surface area contributed by atoms with Gasteiger partial charge in [-0.2, -0.15) is 0 Å². The molecule has 1 aliphatic rings. The smallest absolute Gasteiger partial charge is 0.268 e. The Morgan fingerprint density at radius 3 is 2.07 bits per heavy atom. The van der Waals surface area contributed by atoms with E-state index in [4.69, 9.17) is 9.90 Å². The van der Waals surface area contributed by atoms with E-state index >= 15 is 0 Å². The summed E-state index contributed by atoms with van der Waals surface area (Å²) >= 11 is 0. The first kappa shape index (κ1) is 14.0. The predicted molar refractivity (Wildman–Crippen MR) is 52.8 cm³/mol. The molecule has 0 unspecified atom stereocenters. The summed E-state index contributed by atoms with van der Waals surface area (Å²) < 4.78 is 18.8. The topological polar surface area (TPSA) is 118 Å². The van der Waals surface area contributed by atoms with Crippen LogP contribution < -0.4 is 5.14 Å². The van der Waals surface area contributed by atoms with Crippen molar-refractivity contribution in [3.05, 3.63) is 0 Å². The van der Waals surface area contributed by atoms with Crippen molar-refractivity contribution < 1.29 is 23.1 Å². The van der Waals surface area contributed by atoms with Gasteiger partial charge in [0.1, 0.15) is 6.61 Å². The molecule has 0 aliphatic carbocycles.